The lowest BCUT2D eigenvalue weighted by Crippen LogP contribution is -2.52. The zero-order valence-corrected chi connectivity index (χ0v) is 5.65. The van der Waals surface area contributed by atoms with Gasteiger partial charge in [0.25, 0.3) is 5.55 Å². The molecule has 0 aliphatic heterocycles. The zero-order chi connectivity index (χ0) is 9.50. The van der Waals surface area contributed by atoms with E-state index in [1.807, 2.05) is 0 Å². The number of hydrogen-bond acceptors (Lipinski definition) is 0. The van der Waals surface area contributed by atoms with E-state index in [2.05, 4.69) is 0 Å². The Morgan fingerprint density at radius 2 is 1.00 bits per heavy atom. The molecule has 0 bridgehead atoms. The fourth-order valence-electron chi connectivity index (χ4n) is 0.178. The van der Waals surface area contributed by atoms with Crippen LogP contribution < -0.4 is 0 Å². The van der Waals surface area contributed by atoms with Crippen molar-refractivity contribution in [2.45, 2.75) is 17.6 Å². The minimum absolute atomic E-state index is 0.985. The number of hydrogen-bond donors (Lipinski definition) is 0. The van der Waals surface area contributed by atoms with Gasteiger partial charge in [0, 0.05) is 0 Å². The van der Waals surface area contributed by atoms with Crippen LogP contribution in [-0.4, -0.2) is 27.9 Å². The lowest BCUT2D eigenvalue weighted by Gasteiger charge is -2.24. The molecule has 0 saturated heterocycles. The number of rotatable bonds is 1. The summed E-state index contributed by atoms with van der Waals surface area (Å²) in [5.74, 6) is -6.04. The Bertz CT molecular complexity index is 125. The third kappa shape index (κ3) is 1.85. The lowest BCUT2D eigenvalue weighted by atomic mass is 10.3. The molecule has 0 nitrogen and oxygen atoms in total. The quantitative estimate of drug-likeness (QED) is 0.445. The second-order valence-electron chi connectivity index (χ2n) is 1.65. The van der Waals surface area contributed by atoms with Gasteiger partial charge >= 0.3 is 12.1 Å². The molecule has 0 fully saturated rings. The molecule has 0 saturated carbocycles. The first-order valence-electron chi connectivity index (χ1n) is 2.07. The van der Waals surface area contributed by atoms with E-state index in [-0.39, 0.29) is 0 Å². The largest absolute Gasteiger partial charge is 0.459 e. The molecule has 0 aromatic carbocycles. The highest BCUT2D eigenvalue weighted by Crippen LogP contribution is 2.44. The first-order valence-corrected chi connectivity index (χ1v) is 2.57. The maximum atomic E-state index is 11.5. The Morgan fingerprint density at radius 1 is 0.727 bits per heavy atom. The first-order chi connectivity index (χ1) is 4.50. The van der Waals surface area contributed by atoms with Gasteiger partial charge in [-0.05, 0) is 0 Å². The Kier molecular flexibility index (Phi) is 2.30. The van der Waals surface area contributed by atoms with Gasteiger partial charge in [0.2, 0.25) is 0 Å². The van der Waals surface area contributed by atoms with E-state index in [1.54, 1.807) is 0 Å². The summed E-state index contributed by atoms with van der Waals surface area (Å²) in [5, 5.41) is 0. The zero-order valence-electron chi connectivity index (χ0n) is 4.65. The summed E-state index contributed by atoms with van der Waals surface area (Å²) >= 11 is 0. The van der Waals surface area contributed by atoms with Crippen molar-refractivity contribution in [2.75, 3.05) is 0 Å². The molecule has 0 aliphatic carbocycles. The van der Waals surface area contributed by atoms with Crippen LogP contribution in [0.4, 0.5) is 30.7 Å². The highest BCUT2D eigenvalue weighted by Gasteiger charge is 2.70. The minimum Gasteiger partial charge on any atom is -0.206 e. The second kappa shape index (κ2) is 2.36. The van der Waals surface area contributed by atoms with Gasteiger partial charge in [0.05, 0.1) is 0 Å². The van der Waals surface area contributed by atoms with Crippen LogP contribution >= 0.6 is 0 Å². The van der Waals surface area contributed by atoms with E-state index in [4.69, 9.17) is 0 Å². The summed E-state index contributed by atoms with van der Waals surface area (Å²) in [6.07, 6.45) is -6.25. The van der Waals surface area contributed by atoms with Crippen molar-refractivity contribution >= 4 is 10.2 Å². The average molecular weight is 197 g/mol. The van der Waals surface area contributed by atoms with E-state index in [0.717, 1.165) is 10.2 Å². The standard InChI is InChI=1S/C3F7Si/c4-1(5,2(6,7)8)3(9,10)11. The van der Waals surface area contributed by atoms with E-state index < -0.39 is 17.6 Å². The second-order valence-corrected chi connectivity index (χ2v) is 2.27. The van der Waals surface area contributed by atoms with Crippen LogP contribution in [0, 0.1) is 0 Å². The van der Waals surface area contributed by atoms with Gasteiger partial charge in [-0.1, -0.05) is 0 Å². The smallest absolute Gasteiger partial charge is 0.206 e. The molecule has 0 amide bonds. The highest BCUT2D eigenvalue weighted by atomic mass is 28.1. The van der Waals surface area contributed by atoms with Gasteiger partial charge in [-0.25, -0.2) is 8.78 Å². The van der Waals surface area contributed by atoms with Crippen molar-refractivity contribution in [3.05, 3.63) is 0 Å². The van der Waals surface area contributed by atoms with Crippen LogP contribution in [0.25, 0.3) is 0 Å². The molecule has 0 aromatic rings. The Balaban J connectivity index is 4.75. The predicted octanol–water partition coefficient (Wildman–Crippen LogP) is 1.95. The Hall–Kier alpha value is -0.273. The van der Waals surface area contributed by atoms with E-state index >= 15 is 0 Å². The number of alkyl halides is 7. The van der Waals surface area contributed by atoms with Crippen LogP contribution in [-0.2, 0) is 0 Å². The van der Waals surface area contributed by atoms with Gasteiger partial charge < -0.3 is 0 Å². The minimum atomic E-state index is -6.25. The molecule has 0 aliphatic rings. The van der Waals surface area contributed by atoms with Gasteiger partial charge in [0.15, 0.2) is 0 Å². The van der Waals surface area contributed by atoms with Gasteiger partial charge in [0.1, 0.15) is 10.2 Å². The summed E-state index contributed by atoms with van der Waals surface area (Å²) in [5.41, 5.74) is -5.27. The predicted molar refractivity (Wildman–Crippen MR) is 21.7 cm³/mol. The molecular formula is C3F7Si. The highest BCUT2D eigenvalue weighted by molar-refractivity contribution is 6.14. The number of halogens is 7. The summed E-state index contributed by atoms with van der Waals surface area (Å²) in [7, 11) is 0.985. The fraction of sp³-hybridized carbons (Fsp3) is 1.00. The van der Waals surface area contributed by atoms with Gasteiger partial charge in [-0.15, -0.1) is 0 Å². The molecule has 0 heterocycles. The van der Waals surface area contributed by atoms with Crippen molar-refractivity contribution in [1.82, 2.24) is 0 Å². The maximum absolute atomic E-state index is 11.5. The van der Waals surface area contributed by atoms with Gasteiger partial charge in [-0.2, -0.15) is 22.0 Å². The molecule has 0 unspecified atom stereocenters. The molecular weight excluding hydrogens is 197 g/mol. The van der Waals surface area contributed by atoms with Crippen molar-refractivity contribution in [3.8, 4) is 0 Å². The summed E-state index contributed by atoms with van der Waals surface area (Å²) in [6, 6.07) is 0. The molecule has 11 heavy (non-hydrogen) atoms. The van der Waals surface area contributed by atoms with Crippen LogP contribution in [0.15, 0.2) is 0 Å². The van der Waals surface area contributed by atoms with E-state index in [0.29, 0.717) is 0 Å². The molecule has 0 spiro atoms. The van der Waals surface area contributed by atoms with Gasteiger partial charge in [-0.3, -0.25) is 0 Å². The fourth-order valence-corrected chi connectivity index (χ4v) is 0.320. The molecule has 0 atom stereocenters. The molecule has 8 heteroatoms. The third-order valence-corrected chi connectivity index (χ3v) is 1.06. The normalized spacial score (nSPS) is 15.3. The average Bonchev–Trinajstić information content (AvgIpc) is 1.58. The molecule has 0 rings (SSSR count). The van der Waals surface area contributed by atoms with Crippen molar-refractivity contribution < 1.29 is 30.7 Å². The van der Waals surface area contributed by atoms with Crippen LogP contribution in [0.5, 0.6) is 0 Å². The molecule has 0 aromatic heterocycles. The summed E-state index contributed by atoms with van der Waals surface area (Å²) in [6.45, 7) is 0. The Morgan fingerprint density at radius 3 is 1.00 bits per heavy atom. The molecule has 0 N–H and O–H groups in total. The molecule has 65 valence electrons. The third-order valence-electron chi connectivity index (χ3n) is 0.750. The van der Waals surface area contributed by atoms with Crippen molar-refractivity contribution in [3.63, 3.8) is 0 Å². The first kappa shape index (κ1) is 10.7. The topological polar surface area (TPSA) is 0 Å². The van der Waals surface area contributed by atoms with E-state index in [1.165, 1.54) is 0 Å². The van der Waals surface area contributed by atoms with Crippen LogP contribution in [0.2, 0.25) is 0 Å². The van der Waals surface area contributed by atoms with Crippen LogP contribution in [0.3, 0.4) is 0 Å². The SMILES string of the molecule is FC(F)(F)C(F)(F)C(F)(F)[Si]. The van der Waals surface area contributed by atoms with Crippen molar-refractivity contribution in [1.29, 1.82) is 0 Å². The summed E-state index contributed by atoms with van der Waals surface area (Å²) in [4.78, 5) is 0. The monoisotopic (exact) mass is 197 g/mol. The maximum Gasteiger partial charge on any atom is 0.459 e. The van der Waals surface area contributed by atoms with E-state index in [9.17, 15) is 30.7 Å². The Labute approximate surface area is 59.8 Å². The molecule has 3 radical (unpaired) electrons. The van der Waals surface area contributed by atoms with Crippen molar-refractivity contribution in [2.24, 2.45) is 0 Å². The van der Waals surface area contributed by atoms with Crippen LogP contribution in [0.1, 0.15) is 0 Å². The lowest BCUT2D eigenvalue weighted by molar-refractivity contribution is -0.332. The summed E-state index contributed by atoms with van der Waals surface area (Å²) < 4.78 is 79.1.